The summed E-state index contributed by atoms with van der Waals surface area (Å²) in [6.07, 6.45) is -0.303. The Hall–Kier alpha value is -1.30. The minimum absolute atomic E-state index is 0.207. The van der Waals surface area contributed by atoms with E-state index in [1.54, 1.807) is 20.8 Å². The van der Waals surface area contributed by atoms with Gasteiger partial charge in [0, 0.05) is 6.42 Å². The molecule has 0 aromatic carbocycles. The van der Waals surface area contributed by atoms with Crippen molar-refractivity contribution in [2.24, 2.45) is 0 Å². The van der Waals surface area contributed by atoms with Crippen LogP contribution in [-0.4, -0.2) is 54.0 Å². The predicted octanol–water partition coefficient (Wildman–Crippen LogP) is 2.35. The van der Waals surface area contributed by atoms with Gasteiger partial charge in [0.2, 0.25) is 0 Å². The zero-order valence-corrected chi connectivity index (χ0v) is 14.1. The van der Waals surface area contributed by atoms with Crippen molar-refractivity contribution in [3.63, 3.8) is 0 Å². The number of rotatable bonds is 2. The minimum atomic E-state index is -0.655. The van der Waals surface area contributed by atoms with Crippen LogP contribution in [0.1, 0.15) is 48.0 Å². The third kappa shape index (κ3) is 5.53. The van der Waals surface area contributed by atoms with Crippen molar-refractivity contribution in [3.8, 4) is 0 Å². The fourth-order valence-corrected chi connectivity index (χ4v) is 2.26. The van der Waals surface area contributed by atoms with E-state index < -0.39 is 23.7 Å². The van der Waals surface area contributed by atoms with Gasteiger partial charge in [0.1, 0.15) is 11.6 Å². The number of amides is 1. The molecule has 0 N–H and O–H groups in total. The maximum Gasteiger partial charge on any atom is 0.411 e. The summed E-state index contributed by atoms with van der Waals surface area (Å²) in [5.74, 6) is -0.444. The first-order chi connectivity index (χ1) is 9.43. The largest absolute Gasteiger partial charge is 0.467 e. The van der Waals surface area contributed by atoms with Crippen molar-refractivity contribution >= 4 is 12.1 Å². The summed E-state index contributed by atoms with van der Waals surface area (Å²) in [5.41, 5.74) is -0.948. The molecule has 6 nitrogen and oxygen atoms in total. The Morgan fingerprint density at radius 1 is 1.05 bits per heavy atom. The van der Waals surface area contributed by atoms with E-state index in [0.29, 0.717) is 13.0 Å². The van der Waals surface area contributed by atoms with Gasteiger partial charge in [-0.15, -0.1) is 0 Å². The van der Waals surface area contributed by atoms with E-state index in [1.807, 2.05) is 20.8 Å². The van der Waals surface area contributed by atoms with E-state index in [1.165, 1.54) is 12.0 Å². The zero-order chi connectivity index (χ0) is 16.4. The molecule has 0 aromatic rings. The Bertz CT molecular complexity index is 394. The van der Waals surface area contributed by atoms with Crippen LogP contribution in [0.3, 0.4) is 0 Å². The van der Waals surface area contributed by atoms with Crippen molar-refractivity contribution in [3.05, 3.63) is 0 Å². The monoisotopic (exact) mass is 301 g/mol. The van der Waals surface area contributed by atoms with Crippen LogP contribution in [0.25, 0.3) is 0 Å². The molecule has 1 amide bonds. The maximum atomic E-state index is 12.2. The molecule has 1 fully saturated rings. The standard InChI is InChI=1S/C15H27NO5/c1-14(2,3)20-10-8-11(12(17)19-7)16(9-10)13(18)21-15(4,5)6/h10-11H,8-9H2,1-7H3/t10-,11-/m0/s1. The lowest BCUT2D eigenvalue weighted by Crippen LogP contribution is -2.44. The van der Waals surface area contributed by atoms with Crippen LogP contribution in [0.4, 0.5) is 4.79 Å². The third-order valence-electron chi connectivity index (χ3n) is 2.88. The lowest BCUT2D eigenvalue weighted by atomic mass is 10.1. The van der Waals surface area contributed by atoms with Crippen LogP contribution in [0.5, 0.6) is 0 Å². The molecule has 0 spiro atoms. The molecule has 1 rings (SSSR count). The van der Waals surface area contributed by atoms with Crippen LogP contribution in [0, 0.1) is 0 Å². The Balaban J connectivity index is 2.83. The minimum Gasteiger partial charge on any atom is -0.467 e. The van der Waals surface area contributed by atoms with E-state index >= 15 is 0 Å². The molecule has 0 aliphatic carbocycles. The summed E-state index contributed by atoms with van der Waals surface area (Å²) in [4.78, 5) is 25.5. The van der Waals surface area contributed by atoms with Crippen molar-refractivity contribution in [1.82, 2.24) is 4.90 Å². The molecule has 2 atom stereocenters. The molecule has 122 valence electrons. The molecule has 0 radical (unpaired) electrons. The summed E-state index contributed by atoms with van der Waals surface area (Å²) in [6, 6.07) is -0.655. The van der Waals surface area contributed by atoms with Crippen LogP contribution in [-0.2, 0) is 19.0 Å². The molecule has 0 unspecified atom stereocenters. The Labute approximate surface area is 126 Å². The summed E-state index contributed by atoms with van der Waals surface area (Å²) >= 11 is 0. The second-order valence-corrected chi connectivity index (χ2v) is 7.26. The van der Waals surface area contributed by atoms with Crippen molar-refractivity contribution < 1.29 is 23.8 Å². The second kappa shape index (κ2) is 6.22. The van der Waals surface area contributed by atoms with Crippen LogP contribution in [0.15, 0.2) is 0 Å². The van der Waals surface area contributed by atoms with Gasteiger partial charge in [0.15, 0.2) is 0 Å². The lowest BCUT2D eigenvalue weighted by Gasteiger charge is -2.27. The summed E-state index contributed by atoms with van der Waals surface area (Å²) < 4.78 is 16.0. The predicted molar refractivity (Wildman–Crippen MR) is 78.0 cm³/mol. The van der Waals surface area contributed by atoms with Crippen LogP contribution < -0.4 is 0 Å². The number of carbonyl (C=O) groups excluding carboxylic acids is 2. The Morgan fingerprint density at radius 3 is 2.05 bits per heavy atom. The highest BCUT2D eigenvalue weighted by atomic mass is 16.6. The highest BCUT2D eigenvalue weighted by Crippen LogP contribution is 2.27. The fourth-order valence-electron chi connectivity index (χ4n) is 2.26. The highest BCUT2D eigenvalue weighted by Gasteiger charge is 2.43. The van der Waals surface area contributed by atoms with E-state index in [9.17, 15) is 9.59 Å². The lowest BCUT2D eigenvalue weighted by molar-refractivity contribution is -0.145. The van der Waals surface area contributed by atoms with Gasteiger partial charge in [0.25, 0.3) is 0 Å². The van der Waals surface area contributed by atoms with E-state index in [-0.39, 0.29) is 11.7 Å². The average Bonchev–Trinajstić information content (AvgIpc) is 2.67. The first kappa shape index (κ1) is 17.8. The van der Waals surface area contributed by atoms with E-state index in [4.69, 9.17) is 14.2 Å². The van der Waals surface area contributed by atoms with E-state index in [0.717, 1.165) is 0 Å². The smallest absolute Gasteiger partial charge is 0.411 e. The Kier molecular flexibility index (Phi) is 5.25. The Morgan fingerprint density at radius 2 is 1.62 bits per heavy atom. The van der Waals surface area contributed by atoms with Crippen LogP contribution >= 0.6 is 0 Å². The van der Waals surface area contributed by atoms with Gasteiger partial charge in [-0.25, -0.2) is 9.59 Å². The van der Waals surface area contributed by atoms with Gasteiger partial charge >= 0.3 is 12.1 Å². The van der Waals surface area contributed by atoms with Gasteiger partial charge < -0.3 is 14.2 Å². The summed E-state index contributed by atoms with van der Waals surface area (Å²) in [5, 5.41) is 0. The molecule has 1 saturated heterocycles. The molecular weight excluding hydrogens is 274 g/mol. The molecule has 0 saturated carbocycles. The van der Waals surface area contributed by atoms with E-state index in [2.05, 4.69) is 0 Å². The molecule has 1 heterocycles. The second-order valence-electron chi connectivity index (χ2n) is 7.26. The first-order valence-electron chi connectivity index (χ1n) is 7.18. The highest BCUT2D eigenvalue weighted by molar-refractivity contribution is 5.82. The van der Waals surface area contributed by atoms with Crippen molar-refractivity contribution in [2.75, 3.05) is 13.7 Å². The SMILES string of the molecule is COC(=O)[C@@H]1C[C@H](OC(C)(C)C)CN1C(=O)OC(C)(C)C. The average molecular weight is 301 g/mol. The molecule has 1 aliphatic rings. The number of hydrogen-bond donors (Lipinski definition) is 0. The molecule has 21 heavy (non-hydrogen) atoms. The maximum absolute atomic E-state index is 12.2. The number of ether oxygens (including phenoxy) is 3. The van der Waals surface area contributed by atoms with Gasteiger partial charge in [-0.2, -0.15) is 0 Å². The topological polar surface area (TPSA) is 65.1 Å². The number of esters is 1. The summed E-state index contributed by atoms with van der Waals surface area (Å²) in [7, 11) is 1.31. The van der Waals surface area contributed by atoms with Gasteiger partial charge in [-0.1, -0.05) is 0 Å². The third-order valence-corrected chi connectivity index (χ3v) is 2.88. The van der Waals surface area contributed by atoms with Crippen molar-refractivity contribution in [2.45, 2.75) is 71.3 Å². The van der Waals surface area contributed by atoms with Crippen molar-refractivity contribution in [1.29, 1.82) is 0 Å². The fraction of sp³-hybridized carbons (Fsp3) is 0.867. The summed E-state index contributed by atoms with van der Waals surface area (Å²) in [6.45, 7) is 11.5. The molecule has 6 heteroatoms. The molecule has 0 bridgehead atoms. The molecular formula is C15H27NO5. The van der Waals surface area contributed by atoms with Gasteiger partial charge in [-0.05, 0) is 41.5 Å². The molecule has 1 aliphatic heterocycles. The van der Waals surface area contributed by atoms with Gasteiger partial charge in [-0.3, -0.25) is 4.90 Å². The number of carbonyl (C=O) groups is 2. The number of nitrogens with zero attached hydrogens (tertiary/aromatic N) is 1. The quantitative estimate of drug-likeness (QED) is 0.733. The molecule has 0 aromatic heterocycles. The zero-order valence-electron chi connectivity index (χ0n) is 14.1. The number of likely N-dealkylation sites (tertiary alicyclic amines) is 1. The normalized spacial score (nSPS) is 23.1. The van der Waals surface area contributed by atoms with Gasteiger partial charge in [0.05, 0.1) is 25.4 Å². The van der Waals surface area contributed by atoms with Crippen LogP contribution in [0.2, 0.25) is 0 Å². The first-order valence-corrected chi connectivity index (χ1v) is 7.18. The number of methoxy groups -OCH3 is 1. The number of hydrogen-bond acceptors (Lipinski definition) is 5.